The van der Waals surface area contributed by atoms with Gasteiger partial charge in [-0.3, -0.25) is 9.69 Å². The van der Waals surface area contributed by atoms with E-state index in [1.807, 2.05) is 0 Å². The summed E-state index contributed by atoms with van der Waals surface area (Å²) < 4.78 is 10.7. The number of methoxy groups -OCH3 is 1. The van der Waals surface area contributed by atoms with Gasteiger partial charge in [-0.15, -0.1) is 6.42 Å². The molecule has 2 rings (SSSR count). The molecule has 0 radical (unpaired) electrons. The standard InChI is InChI=1S/C21H33NO4/c1-4-6-7-8-9-10-14-20(23)26-19-13-11-12-18-17(19)15-16(5-2)22(18)21(24)25-3/h2,16-19H,4,6-15H2,1,3H3/t16?,17-,18-,19+/m1/s1. The molecular weight excluding hydrogens is 330 g/mol. The molecular formula is C21H33NO4. The van der Waals surface area contributed by atoms with E-state index < -0.39 is 0 Å². The Balaban J connectivity index is 1.84. The maximum atomic E-state index is 12.2. The Kier molecular flexibility index (Phi) is 8.28. The van der Waals surface area contributed by atoms with Crippen LogP contribution in [0.2, 0.25) is 0 Å². The average Bonchev–Trinajstić information content (AvgIpc) is 3.03. The molecule has 1 saturated carbocycles. The van der Waals surface area contributed by atoms with Crippen LogP contribution in [0.5, 0.6) is 0 Å². The van der Waals surface area contributed by atoms with Gasteiger partial charge in [-0.1, -0.05) is 44.9 Å². The molecule has 146 valence electrons. The van der Waals surface area contributed by atoms with E-state index in [0.717, 1.165) is 32.1 Å². The number of terminal acetylenes is 1. The van der Waals surface area contributed by atoms with Crippen molar-refractivity contribution in [3.8, 4) is 12.3 Å². The first kappa shape index (κ1) is 20.6. The van der Waals surface area contributed by atoms with Crippen LogP contribution in [0, 0.1) is 18.3 Å². The predicted molar refractivity (Wildman–Crippen MR) is 100 cm³/mol. The van der Waals surface area contributed by atoms with Crippen LogP contribution in [0.15, 0.2) is 0 Å². The summed E-state index contributed by atoms with van der Waals surface area (Å²) in [7, 11) is 1.38. The molecule has 1 aliphatic carbocycles. The van der Waals surface area contributed by atoms with Crippen LogP contribution in [0.1, 0.15) is 77.6 Å². The fourth-order valence-electron chi connectivity index (χ4n) is 4.40. The molecule has 1 amide bonds. The second kappa shape index (κ2) is 10.4. The van der Waals surface area contributed by atoms with Crippen LogP contribution in [0.25, 0.3) is 0 Å². The van der Waals surface area contributed by atoms with Crippen molar-refractivity contribution in [3.05, 3.63) is 0 Å². The molecule has 0 aromatic carbocycles. The number of nitrogens with zero attached hydrogens (tertiary/aromatic N) is 1. The van der Waals surface area contributed by atoms with Gasteiger partial charge < -0.3 is 9.47 Å². The van der Waals surface area contributed by atoms with Gasteiger partial charge in [-0.2, -0.15) is 0 Å². The summed E-state index contributed by atoms with van der Waals surface area (Å²) >= 11 is 0. The highest BCUT2D eigenvalue weighted by molar-refractivity contribution is 5.70. The molecule has 2 fully saturated rings. The number of carbonyl (C=O) groups is 2. The summed E-state index contributed by atoms with van der Waals surface area (Å²) in [4.78, 5) is 26.0. The first-order chi connectivity index (χ1) is 12.6. The van der Waals surface area contributed by atoms with E-state index in [1.165, 1.54) is 32.8 Å². The van der Waals surface area contributed by atoms with E-state index in [4.69, 9.17) is 15.9 Å². The third-order valence-electron chi connectivity index (χ3n) is 5.74. The van der Waals surface area contributed by atoms with Gasteiger partial charge in [-0.05, 0) is 32.1 Å². The highest BCUT2D eigenvalue weighted by atomic mass is 16.5. The molecule has 0 aromatic heterocycles. The number of esters is 1. The second-order valence-corrected chi connectivity index (χ2v) is 7.50. The van der Waals surface area contributed by atoms with Crippen molar-refractivity contribution in [2.45, 2.75) is 95.7 Å². The van der Waals surface area contributed by atoms with Crippen LogP contribution in [0.4, 0.5) is 4.79 Å². The van der Waals surface area contributed by atoms with Crippen molar-refractivity contribution in [1.29, 1.82) is 0 Å². The summed E-state index contributed by atoms with van der Waals surface area (Å²) in [6.07, 6.45) is 15.9. The summed E-state index contributed by atoms with van der Waals surface area (Å²) in [5.41, 5.74) is 0. The lowest BCUT2D eigenvalue weighted by Gasteiger charge is -2.36. The minimum absolute atomic E-state index is 0.0177. The minimum atomic E-state index is -0.375. The minimum Gasteiger partial charge on any atom is -0.462 e. The van der Waals surface area contributed by atoms with Crippen molar-refractivity contribution < 1.29 is 19.1 Å². The molecule has 1 saturated heterocycles. The Morgan fingerprint density at radius 3 is 2.58 bits per heavy atom. The summed E-state index contributed by atoms with van der Waals surface area (Å²) in [6, 6.07) is -0.251. The highest BCUT2D eigenvalue weighted by Gasteiger charge is 2.49. The second-order valence-electron chi connectivity index (χ2n) is 7.50. The number of hydrogen-bond donors (Lipinski definition) is 0. The number of amides is 1. The topological polar surface area (TPSA) is 55.8 Å². The lowest BCUT2D eigenvalue weighted by molar-refractivity contribution is -0.154. The molecule has 5 heteroatoms. The van der Waals surface area contributed by atoms with Crippen LogP contribution in [0.3, 0.4) is 0 Å². The maximum absolute atomic E-state index is 12.2. The monoisotopic (exact) mass is 363 g/mol. The first-order valence-corrected chi connectivity index (χ1v) is 10.1. The van der Waals surface area contributed by atoms with Crippen molar-refractivity contribution in [1.82, 2.24) is 4.90 Å². The van der Waals surface area contributed by atoms with E-state index in [0.29, 0.717) is 12.8 Å². The van der Waals surface area contributed by atoms with Gasteiger partial charge in [0.05, 0.1) is 13.2 Å². The Morgan fingerprint density at radius 1 is 1.15 bits per heavy atom. The highest BCUT2D eigenvalue weighted by Crippen LogP contribution is 2.41. The number of carbonyl (C=O) groups excluding carboxylic acids is 2. The average molecular weight is 363 g/mol. The fourth-order valence-corrected chi connectivity index (χ4v) is 4.40. The van der Waals surface area contributed by atoms with Crippen molar-refractivity contribution >= 4 is 12.1 Å². The van der Waals surface area contributed by atoms with Gasteiger partial charge in [0, 0.05) is 18.4 Å². The van der Waals surface area contributed by atoms with Gasteiger partial charge in [0.2, 0.25) is 0 Å². The Bertz CT molecular complexity index is 513. The van der Waals surface area contributed by atoms with Gasteiger partial charge in [0.15, 0.2) is 0 Å². The number of likely N-dealkylation sites (tertiary alicyclic amines) is 1. The zero-order valence-corrected chi connectivity index (χ0v) is 16.2. The van der Waals surface area contributed by atoms with Crippen LogP contribution in [-0.2, 0) is 14.3 Å². The third kappa shape index (κ3) is 5.16. The maximum Gasteiger partial charge on any atom is 0.410 e. The molecule has 0 spiro atoms. The van der Waals surface area contributed by atoms with Crippen molar-refractivity contribution in [3.63, 3.8) is 0 Å². The number of fused-ring (bicyclic) bond motifs is 1. The third-order valence-corrected chi connectivity index (χ3v) is 5.74. The molecule has 0 bridgehead atoms. The largest absolute Gasteiger partial charge is 0.462 e. The van der Waals surface area contributed by atoms with Crippen LogP contribution >= 0.6 is 0 Å². The first-order valence-electron chi connectivity index (χ1n) is 10.1. The summed E-state index contributed by atoms with van der Waals surface area (Å²) in [6.45, 7) is 2.20. The lowest BCUT2D eigenvalue weighted by atomic mass is 9.82. The van der Waals surface area contributed by atoms with E-state index in [2.05, 4.69) is 12.8 Å². The van der Waals surface area contributed by atoms with Gasteiger partial charge >= 0.3 is 12.1 Å². The summed E-state index contributed by atoms with van der Waals surface area (Å²) in [5.74, 6) is 2.71. The predicted octanol–water partition coefficient (Wildman–Crippen LogP) is 4.29. The Hall–Kier alpha value is -1.70. The van der Waals surface area contributed by atoms with E-state index >= 15 is 0 Å². The van der Waals surface area contributed by atoms with E-state index in [9.17, 15) is 9.59 Å². The Morgan fingerprint density at radius 2 is 1.88 bits per heavy atom. The van der Waals surface area contributed by atoms with Crippen molar-refractivity contribution in [2.24, 2.45) is 5.92 Å². The molecule has 0 N–H and O–H groups in total. The normalized spacial score (nSPS) is 27.5. The molecule has 26 heavy (non-hydrogen) atoms. The lowest BCUT2D eigenvalue weighted by Crippen LogP contribution is -2.46. The quantitative estimate of drug-likeness (QED) is 0.367. The van der Waals surface area contributed by atoms with Crippen molar-refractivity contribution in [2.75, 3.05) is 7.11 Å². The van der Waals surface area contributed by atoms with Crippen LogP contribution < -0.4 is 0 Å². The van der Waals surface area contributed by atoms with E-state index in [-0.39, 0.29) is 36.2 Å². The SMILES string of the molecule is C#CC1C[C@H]2[C@@H](OC(=O)CCCCCCCC)CCC[C@H]2N1C(=O)OC. The fraction of sp³-hybridized carbons (Fsp3) is 0.810. The van der Waals surface area contributed by atoms with Gasteiger partial charge in [-0.25, -0.2) is 4.79 Å². The van der Waals surface area contributed by atoms with Gasteiger partial charge in [0.25, 0.3) is 0 Å². The number of hydrogen-bond acceptors (Lipinski definition) is 4. The molecule has 5 nitrogen and oxygen atoms in total. The zero-order valence-electron chi connectivity index (χ0n) is 16.2. The van der Waals surface area contributed by atoms with Gasteiger partial charge in [0.1, 0.15) is 6.10 Å². The Labute approximate surface area is 157 Å². The van der Waals surface area contributed by atoms with E-state index in [1.54, 1.807) is 4.90 Å². The molecule has 0 aromatic rings. The summed E-state index contributed by atoms with van der Waals surface area (Å²) in [5, 5.41) is 0. The zero-order chi connectivity index (χ0) is 18.9. The molecule has 1 unspecified atom stereocenters. The number of rotatable bonds is 8. The smallest absolute Gasteiger partial charge is 0.410 e. The van der Waals surface area contributed by atoms with Crippen LogP contribution in [-0.4, -0.2) is 42.3 Å². The number of ether oxygens (including phenoxy) is 2. The molecule has 1 heterocycles. The molecule has 4 atom stereocenters. The molecule has 1 aliphatic heterocycles. The molecule has 2 aliphatic rings. The number of unbranched alkanes of at least 4 members (excludes halogenated alkanes) is 5.